The first kappa shape index (κ1) is 16.4. The molecule has 1 fully saturated rings. The minimum Gasteiger partial charge on any atom is -0.285 e. The molecular formula is C12H24N4O2S. The summed E-state index contributed by atoms with van der Waals surface area (Å²) in [6.07, 6.45) is 1.80. The third-order valence-corrected chi connectivity index (χ3v) is 4.96. The molecule has 0 aromatic heterocycles. The first-order chi connectivity index (χ1) is 8.90. The average Bonchev–Trinajstić information content (AvgIpc) is 2.34. The number of nitrogens with one attached hydrogen (secondary N) is 1. The van der Waals surface area contributed by atoms with Crippen molar-refractivity contribution in [3.63, 3.8) is 0 Å². The second-order valence-electron chi connectivity index (χ2n) is 5.15. The van der Waals surface area contributed by atoms with Crippen LogP contribution < -0.4 is 4.72 Å². The first-order valence-corrected chi connectivity index (χ1v) is 8.25. The van der Waals surface area contributed by atoms with E-state index in [4.69, 9.17) is 5.26 Å². The molecule has 0 radical (unpaired) electrons. The highest BCUT2D eigenvalue weighted by atomic mass is 32.2. The molecule has 0 aromatic carbocycles. The Hall–Kier alpha value is -0.680. The highest BCUT2D eigenvalue weighted by molar-refractivity contribution is 7.87. The monoisotopic (exact) mass is 288 g/mol. The van der Waals surface area contributed by atoms with Gasteiger partial charge in [-0.05, 0) is 20.3 Å². The molecule has 0 saturated carbocycles. The van der Waals surface area contributed by atoms with Gasteiger partial charge in [0.15, 0.2) is 0 Å². The molecule has 1 aliphatic heterocycles. The van der Waals surface area contributed by atoms with Gasteiger partial charge in [0.1, 0.15) is 0 Å². The van der Waals surface area contributed by atoms with Gasteiger partial charge in [-0.1, -0.05) is 13.3 Å². The molecule has 110 valence electrons. The lowest BCUT2D eigenvalue weighted by atomic mass is 10.1. The Bertz CT molecular complexity index is 408. The highest BCUT2D eigenvalue weighted by Crippen LogP contribution is 2.12. The number of hydrogen-bond donors (Lipinski definition) is 1. The van der Waals surface area contributed by atoms with Crippen LogP contribution in [0, 0.1) is 11.3 Å². The summed E-state index contributed by atoms with van der Waals surface area (Å²) in [6.45, 7) is 7.81. The standard InChI is InChI=1S/C12H24N4O2S/c1-4-5-12(10-13)15-6-8-16(9-7-15)19(17,18)14-11(2)3/h11-12,14H,4-9H2,1-3H3. The SMILES string of the molecule is CCCC(C#N)N1CCN(S(=O)(=O)NC(C)C)CC1. The van der Waals surface area contributed by atoms with Gasteiger partial charge in [-0.3, -0.25) is 4.90 Å². The molecule has 1 aliphatic rings. The van der Waals surface area contributed by atoms with Gasteiger partial charge in [0.2, 0.25) is 0 Å². The maximum absolute atomic E-state index is 12.0. The van der Waals surface area contributed by atoms with Crippen molar-refractivity contribution in [1.82, 2.24) is 13.9 Å². The van der Waals surface area contributed by atoms with E-state index in [1.165, 1.54) is 4.31 Å². The molecule has 1 N–H and O–H groups in total. The Balaban J connectivity index is 2.55. The van der Waals surface area contributed by atoms with Crippen molar-refractivity contribution in [2.24, 2.45) is 0 Å². The van der Waals surface area contributed by atoms with Crippen LogP contribution in [0.2, 0.25) is 0 Å². The first-order valence-electron chi connectivity index (χ1n) is 6.81. The van der Waals surface area contributed by atoms with Crippen LogP contribution >= 0.6 is 0 Å². The van der Waals surface area contributed by atoms with Crippen molar-refractivity contribution in [2.45, 2.75) is 45.7 Å². The fourth-order valence-electron chi connectivity index (χ4n) is 2.23. The van der Waals surface area contributed by atoms with Gasteiger partial charge in [0.25, 0.3) is 10.2 Å². The van der Waals surface area contributed by atoms with Crippen LogP contribution in [0.1, 0.15) is 33.6 Å². The van der Waals surface area contributed by atoms with Gasteiger partial charge in [-0.15, -0.1) is 0 Å². The number of hydrogen-bond acceptors (Lipinski definition) is 4. The Labute approximate surface area is 116 Å². The number of rotatable bonds is 6. The largest absolute Gasteiger partial charge is 0.285 e. The topological polar surface area (TPSA) is 76.4 Å². The second-order valence-corrected chi connectivity index (χ2v) is 6.85. The molecule has 1 unspecified atom stereocenters. The number of nitrogens with zero attached hydrogens (tertiary/aromatic N) is 3. The van der Waals surface area contributed by atoms with Gasteiger partial charge in [0, 0.05) is 32.2 Å². The lowest BCUT2D eigenvalue weighted by Crippen LogP contribution is -2.54. The summed E-state index contributed by atoms with van der Waals surface area (Å²) < 4.78 is 28.0. The maximum Gasteiger partial charge on any atom is 0.279 e. The minimum atomic E-state index is -3.38. The average molecular weight is 288 g/mol. The lowest BCUT2D eigenvalue weighted by Gasteiger charge is -2.36. The van der Waals surface area contributed by atoms with E-state index in [1.54, 1.807) is 13.8 Å². The molecule has 0 bridgehead atoms. The summed E-state index contributed by atoms with van der Waals surface area (Å²) in [5.41, 5.74) is 0. The van der Waals surface area contributed by atoms with Crippen LogP contribution in [-0.4, -0.2) is 55.9 Å². The molecule has 7 heteroatoms. The molecule has 0 spiro atoms. The van der Waals surface area contributed by atoms with Gasteiger partial charge in [-0.2, -0.15) is 22.7 Å². The summed E-state index contributed by atoms with van der Waals surface area (Å²) in [5.74, 6) is 0. The summed E-state index contributed by atoms with van der Waals surface area (Å²) >= 11 is 0. The van der Waals surface area contributed by atoms with Crippen LogP contribution in [0.3, 0.4) is 0 Å². The van der Waals surface area contributed by atoms with E-state index >= 15 is 0 Å². The molecule has 1 atom stereocenters. The minimum absolute atomic E-state index is 0.0899. The third-order valence-electron chi connectivity index (χ3n) is 3.15. The molecule has 0 aliphatic carbocycles. The van der Waals surface area contributed by atoms with Crippen molar-refractivity contribution in [2.75, 3.05) is 26.2 Å². The summed E-state index contributed by atoms with van der Waals surface area (Å²) in [6, 6.07) is 2.11. The van der Waals surface area contributed by atoms with Crippen LogP contribution in [0.25, 0.3) is 0 Å². The predicted octanol–water partition coefficient (Wildman–Crippen LogP) is 0.539. The van der Waals surface area contributed by atoms with E-state index in [0.29, 0.717) is 26.2 Å². The van der Waals surface area contributed by atoms with Crippen molar-refractivity contribution in [1.29, 1.82) is 5.26 Å². The normalized spacial score (nSPS) is 20.4. The molecular weight excluding hydrogens is 264 g/mol. The summed E-state index contributed by atoms with van der Waals surface area (Å²) in [5, 5.41) is 9.12. The predicted molar refractivity (Wildman–Crippen MR) is 74.6 cm³/mol. The molecule has 0 aromatic rings. The molecule has 1 rings (SSSR count). The van der Waals surface area contributed by atoms with Crippen molar-refractivity contribution >= 4 is 10.2 Å². The van der Waals surface area contributed by atoms with E-state index in [-0.39, 0.29) is 12.1 Å². The van der Waals surface area contributed by atoms with Crippen LogP contribution in [0.5, 0.6) is 0 Å². The molecule has 0 amide bonds. The number of nitriles is 1. The Morgan fingerprint density at radius 2 is 1.84 bits per heavy atom. The molecule has 6 nitrogen and oxygen atoms in total. The van der Waals surface area contributed by atoms with E-state index in [2.05, 4.69) is 22.6 Å². The molecule has 1 heterocycles. The van der Waals surface area contributed by atoms with E-state index in [0.717, 1.165) is 12.8 Å². The van der Waals surface area contributed by atoms with Gasteiger partial charge in [-0.25, -0.2) is 0 Å². The smallest absolute Gasteiger partial charge is 0.279 e. The second kappa shape index (κ2) is 7.20. The third kappa shape index (κ3) is 4.73. The van der Waals surface area contributed by atoms with Crippen LogP contribution in [0.15, 0.2) is 0 Å². The van der Waals surface area contributed by atoms with Gasteiger partial charge < -0.3 is 0 Å². The van der Waals surface area contributed by atoms with Crippen molar-refractivity contribution in [3.8, 4) is 6.07 Å². The van der Waals surface area contributed by atoms with Crippen LogP contribution in [-0.2, 0) is 10.2 Å². The van der Waals surface area contributed by atoms with Crippen molar-refractivity contribution < 1.29 is 8.42 Å². The fraction of sp³-hybridized carbons (Fsp3) is 0.917. The Morgan fingerprint density at radius 3 is 2.26 bits per heavy atom. The maximum atomic E-state index is 12.0. The summed E-state index contributed by atoms with van der Waals surface area (Å²) in [7, 11) is -3.38. The summed E-state index contributed by atoms with van der Waals surface area (Å²) in [4.78, 5) is 2.07. The molecule has 1 saturated heterocycles. The van der Waals surface area contributed by atoms with E-state index < -0.39 is 10.2 Å². The quantitative estimate of drug-likeness (QED) is 0.774. The van der Waals surface area contributed by atoms with Crippen molar-refractivity contribution in [3.05, 3.63) is 0 Å². The van der Waals surface area contributed by atoms with Gasteiger partial charge >= 0.3 is 0 Å². The highest BCUT2D eigenvalue weighted by Gasteiger charge is 2.29. The Morgan fingerprint density at radius 1 is 1.26 bits per heavy atom. The number of piperazine rings is 1. The zero-order chi connectivity index (χ0) is 14.5. The van der Waals surface area contributed by atoms with E-state index in [9.17, 15) is 8.42 Å². The van der Waals surface area contributed by atoms with Gasteiger partial charge in [0.05, 0.1) is 12.1 Å². The molecule has 19 heavy (non-hydrogen) atoms. The fourth-order valence-corrected chi connectivity index (χ4v) is 3.62. The lowest BCUT2D eigenvalue weighted by molar-refractivity contribution is 0.155. The Kier molecular flexibility index (Phi) is 6.20. The zero-order valence-corrected chi connectivity index (χ0v) is 12.8. The van der Waals surface area contributed by atoms with E-state index in [1.807, 2.05) is 0 Å². The zero-order valence-electron chi connectivity index (χ0n) is 12.0. The van der Waals surface area contributed by atoms with Crippen LogP contribution in [0.4, 0.5) is 0 Å².